The fourth-order valence-electron chi connectivity index (χ4n) is 8.92. The molecule has 2 aromatic rings. The molecule has 1 spiro atoms. The Morgan fingerprint density at radius 1 is 1.11 bits per heavy atom. The molecule has 2 bridgehead atoms. The van der Waals surface area contributed by atoms with Gasteiger partial charge in [-0.3, -0.25) is 4.79 Å². The Balaban J connectivity index is 1.22. The van der Waals surface area contributed by atoms with Gasteiger partial charge in [-0.1, -0.05) is 13.8 Å². The third-order valence-corrected chi connectivity index (χ3v) is 10.9. The Labute approximate surface area is 271 Å². The molecule has 8 atom stereocenters. The molecule has 0 saturated carbocycles. The summed E-state index contributed by atoms with van der Waals surface area (Å²) in [5.74, 6) is -2.48. The van der Waals surface area contributed by atoms with E-state index >= 15 is 0 Å². The number of phenols is 1. The smallest absolute Gasteiger partial charge is 0.279 e. The highest BCUT2D eigenvalue weighted by molar-refractivity contribution is 6.11. The van der Waals surface area contributed by atoms with E-state index in [0.717, 1.165) is 5.56 Å². The Hall–Kier alpha value is -2.59. The number of ketones is 1. The predicted octanol–water partition coefficient (Wildman–Crippen LogP) is 2.92. The van der Waals surface area contributed by atoms with E-state index in [1.54, 1.807) is 14.2 Å². The lowest BCUT2D eigenvalue weighted by Crippen LogP contribution is -2.71. The maximum atomic E-state index is 13.3. The van der Waals surface area contributed by atoms with Crippen LogP contribution >= 0.6 is 0 Å². The molecule has 5 saturated heterocycles. The number of hydrogen-bond acceptors (Lipinski definition) is 13. The van der Waals surface area contributed by atoms with Crippen LogP contribution in [-0.2, 0) is 44.3 Å². The summed E-state index contributed by atoms with van der Waals surface area (Å²) in [7, 11) is 3.26. The van der Waals surface area contributed by atoms with Crippen LogP contribution in [0.3, 0.4) is 0 Å². The number of phenolic OH excluding ortho intramolecular Hbond substituents is 1. The van der Waals surface area contributed by atoms with Crippen LogP contribution in [0.15, 0.2) is 6.07 Å². The Morgan fingerprint density at radius 3 is 2.60 bits per heavy atom. The van der Waals surface area contributed by atoms with Crippen molar-refractivity contribution in [3.63, 3.8) is 0 Å². The summed E-state index contributed by atoms with van der Waals surface area (Å²) < 4.78 is 64.3. The van der Waals surface area contributed by atoms with E-state index in [1.807, 2.05) is 13.0 Å². The van der Waals surface area contributed by atoms with Gasteiger partial charge >= 0.3 is 0 Å². The molecule has 47 heavy (non-hydrogen) atoms. The molecular formula is C34H41NO12. The first-order chi connectivity index (χ1) is 22.7. The van der Waals surface area contributed by atoms with Crippen LogP contribution in [0.5, 0.6) is 17.2 Å². The number of methoxy groups -OCH3 is 2. The topological polar surface area (TPSA) is 145 Å². The van der Waals surface area contributed by atoms with Crippen LogP contribution in [0.2, 0.25) is 0 Å². The van der Waals surface area contributed by atoms with E-state index in [-0.39, 0.29) is 41.9 Å². The predicted molar refractivity (Wildman–Crippen MR) is 162 cm³/mol. The zero-order valence-electron chi connectivity index (χ0n) is 27.2. The lowest BCUT2D eigenvalue weighted by molar-refractivity contribution is -0.370. The number of rotatable bonds is 7. The maximum Gasteiger partial charge on any atom is 0.279 e. The average molecular weight is 656 g/mol. The third kappa shape index (κ3) is 3.89. The first-order valence-electron chi connectivity index (χ1n) is 16.6. The zero-order chi connectivity index (χ0) is 32.5. The number of ether oxygens (including phenoxy) is 10. The minimum absolute atomic E-state index is 0.0322. The van der Waals surface area contributed by atoms with Gasteiger partial charge in [-0.25, -0.2) is 0 Å². The molecule has 3 unspecified atom stereocenters. The van der Waals surface area contributed by atoms with Crippen molar-refractivity contribution in [2.24, 2.45) is 0 Å². The number of carbonyl (C=O) groups is 1. The van der Waals surface area contributed by atoms with Crippen LogP contribution in [0.1, 0.15) is 66.3 Å². The molecule has 2 aromatic carbocycles. The minimum atomic E-state index is -1.60. The number of nitrogens with one attached hydrogen (secondary N) is 1. The van der Waals surface area contributed by atoms with Gasteiger partial charge in [0.2, 0.25) is 11.9 Å². The Bertz CT molecular complexity index is 1650. The maximum absolute atomic E-state index is 13.3. The SMILES string of the molecule is COc1c2c(c(O)c3c4c(c(C)cc13)[C@H]1O[C@]3(C5OCCO5)O[C@@H]1[C@](OC1CC(OC)C(NC(C)C)CO1)(O4)[C@@]31CO1)C(=O)CCC2. The summed E-state index contributed by atoms with van der Waals surface area (Å²) in [6, 6.07) is 2.16. The largest absolute Gasteiger partial charge is 0.506 e. The zero-order valence-corrected chi connectivity index (χ0v) is 27.2. The van der Waals surface area contributed by atoms with Crippen LogP contribution in [0, 0.1) is 6.92 Å². The average Bonchev–Trinajstić information content (AvgIpc) is 3.39. The van der Waals surface area contributed by atoms with Crippen molar-refractivity contribution >= 4 is 16.6 Å². The molecule has 13 nitrogen and oxygen atoms in total. The molecule has 13 heteroatoms. The molecule has 1 aliphatic carbocycles. The number of aryl methyl sites for hydroxylation is 1. The van der Waals surface area contributed by atoms with Crippen molar-refractivity contribution in [3.05, 3.63) is 28.3 Å². The van der Waals surface area contributed by atoms with Crippen LogP contribution < -0.4 is 14.8 Å². The molecular weight excluding hydrogens is 614 g/mol. The van der Waals surface area contributed by atoms with Crippen LogP contribution in [-0.4, -0.2) is 106 Å². The standard InChI is InChI=1S/C34H41NO12/c1-15(2)35-19-13-42-22(12-21(19)38-4)44-33-30-29(46-34(47-30,32(33)14-43-32)31-40-9-10-41-31)23-16(3)11-18-25(28(23)45-33)26(37)24-17(27(18)39-5)7-6-8-20(24)36/h11,15,19,21-22,29-31,35,37H,6-10,12-14H2,1-5H3/t19?,21?,22?,29-,30+,32+,33+,34-/m1/s1. The molecule has 6 heterocycles. The van der Waals surface area contributed by atoms with Crippen molar-refractivity contribution in [2.75, 3.05) is 40.6 Å². The molecule has 2 N–H and O–H groups in total. The Kier molecular flexibility index (Phi) is 6.78. The van der Waals surface area contributed by atoms with Crippen LogP contribution in [0.25, 0.3) is 10.8 Å². The van der Waals surface area contributed by atoms with Crippen molar-refractivity contribution in [3.8, 4) is 17.2 Å². The van der Waals surface area contributed by atoms with E-state index in [4.69, 9.17) is 47.4 Å². The van der Waals surface area contributed by atoms with Crippen molar-refractivity contribution < 1.29 is 57.3 Å². The highest BCUT2D eigenvalue weighted by Crippen LogP contribution is 2.72. The van der Waals surface area contributed by atoms with E-state index in [1.165, 1.54) is 0 Å². The van der Waals surface area contributed by atoms with Gasteiger partial charge in [-0.05, 0) is 31.4 Å². The van der Waals surface area contributed by atoms with Gasteiger partial charge in [-0.15, -0.1) is 0 Å². The second kappa shape index (κ2) is 10.5. The molecule has 9 rings (SSSR count). The van der Waals surface area contributed by atoms with Crippen molar-refractivity contribution in [1.82, 2.24) is 5.32 Å². The number of fused-ring (bicyclic) bond motifs is 8. The normalized spacial score (nSPS) is 38.7. The number of epoxide rings is 1. The minimum Gasteiger partial charge on any atom is -0.506 e. The molecule has 254 valence electrons. The molecule has 0 amide bonds. The molecule has 7 aliphatic rings. The summed E-state index contributed by atoms with van der Waals surface area (Å²) in [5.41, 5.74) is 1.21. The summed E-state index contributed by atoms with van der Waals surface area (Å²) in [5, 5.41) is 16.4. The second-order valence-corrected chi connectivity index (χ2v) is 13.9. The van der Waals surface area contributed by atoms with Gasteiger partial charge < -0.3 is 57.8 Å². The summed E-state index contributed by atoms with van der Waals surface area (Å²) in [6.45, 7) is 7.39. The van der Waals surface area contributed by atoms with Crippen molar-refractivity contribution in [1.29, 1.82) is 0 Å². The lowest BCUT2D eigenvalue weighted by atomic mass is 9.78. The number of benzene rings is 2. The fourth-order valence-corrected chi connectivity index (χ4v) is 8.92. The fraction of sp³-hybridized carbons (Fsp3) is 0.676. The van der Waals surface area contributed by atoms with Gasteiger partial charge in [0.25, 0.3) is 11.6 Å². The summed E-state index contributed by atoms with van der Waals surface area (Å²) >= 11 is 0. The second-order valence-electron chi connectivity index (χ2n) is 13.9. The molecule has 5 fully saturated rings. The van der Waals surface area contributed by atoms with E-state index in [0.29, 0.717) is 78.9 Å². The van der Waals surface area contributed by atoms with E-state index in [2.05, 4.69) is 19.2 Å². The lowest BCUT2D eigenvalue weighted by Gasteiger charge is -2.51. The van der Waals surface area contributed by atoms with Crippen LogP contribution in [0.4, 0.5) is 0 Å². The van der Waals surface area contributed by atoms with Gasteiger partial charge in [0, 0.05) is 42.5 Å². The monoisotopic (exact) mass is 655 g/mol. The highest BCUT2D eigenvalue weighted by atomic mass is 16.9. The number of Topliss-reactive ketones (excluding diaryl/α,β-unsaturated/α-hetero) is 1. The number of hydrogen-bond donors (Lipinski definition) is 2. The van der Waals surface area contributed by atoms with Gasteiger partial charge in [-0.2, -0.15) is 0 Å². The summed E-state index contributed by atoms with van der Waals surface area (Å²) in [4.78, 5) is 13.3. The molecule has 6 aliphatic heterocycles. The van der Waals surface area contributed by atoms with E-state index < -0.39 is 42.0 Å². The quantitative estimate of drug-likeness (QED) is 0.422. The third-order valence-electron chi connectivity index (χ3n) is 10.9. The first kappa shape index (κ1) is 30.5. The van der Waals surface area contributed by atoms with Gasteiger partial charge in [0.1, 0.15) is 23.4 Å². The summed E-state index contributed by atoms with van der Waals surface area (Å²) in [6.07, 6.45) is -1.30. The van der Waals surface area contributed by atoms with Gasteiger partial charge in [0.05, 0.1) is 56.6 Å². The first-order valence-corrected chi connectivity index (χ1v) is 16.6. The Morgan fingerprint density at radius 2 is 1.89 bits per heavy atom. The molecule has 0 aromatic heterocycles. The number of aromatic hydroxyl groups is 1. The molecule has 0 radical (unpaired) electrons. The van der Waals surface area contributed by atoms with Gasteiger partial charge in [0.15, 0.2) is 18.2 Å². The van der Waals surface area contributed by atoms with E-state index in [9.17, 15) is 9.90 Å². The van der Waals surface area contributed by atoms with Crippen molar-refractivity contribution in [2.45, 2.75) is 107 Å². The highest BCUT2D eigenvalue weighted by Gasteiger charge is 2.94. The number of carbonyl (C=O) groups excluding carboxylic acids is 1.